The summed E-state index contributed by atoms with van der Waals surface area (Å²) < 4.78 is 8.66. The van der Waals surface area contributed by atoms with Gasteiger partial charge in [0.25, 0.3) is 0 Å². The summed E-state index contributed by atoms with van der Waals surface area (Å²) in [7, 11) is 0. The van der Waals surface area contributed by atoms with Crippen molar-refractivity contribution >= 4 is 60.8 Å². The highest BCUT2D eigenvalue weighted by Gasteiger charge is 2.18. The van der Waals surface area contributed by atoms with Crippen molar-refractivity contribution in [3.05, 3.63) is 267 Å². The van der Waals surface area contributed by atoms with E-state index in [2.05, 4.69) is 264 Å². The van der Waals surface area contributed by atoms with Crippen LogP contribution in [-0.4, -0.2) is 4.57 Å². The van der Waals surface area contributed by atoms with Gasteiger partial charge < -0.3 is 13.9 Å². The third-order valence-corrected chi connectivity index (χ3v) is 13.6. The molecule has 2 aromatic heterocycles. The highest BCUT2D eigenvalue weighted by molar-refractivity contribution is 6.11. The van der Waals surface area contributed by atoms with Crippen molar-refractivity contribution in [3.8, 4) is 61.3 Å². The summed E-state index contributed by atoms with van der Waals surface area (Å²) in [6.07, 6.45) is 0. The number of furan rings is 1. The van der Waals surface area contributed by atoms with Crippen LogP contribution < -0.4 is 4.90 Å². The van der Waals surface area contributed by atoms with Crippen molar-refractivity contribution < 1.29 is 4.42 Å². The molecule has 11 aromatic carbocycles. The molecule has 0 amide bonds. The first-order chi connectivity index (χ1) is 34.2. The van der Waals surface area contributed by atoms with Gasteiger partial charge in [0, 0.05) is 44.3 Å². The lowest BCUT2D eigenvalue weighted by atomic mass is 9.92. The van der Waals surface area contributed by atoms with E-state index in [9.17, 15) is 0 Å². The van der Waals surface area contributed by atoms with Crippen LogP contribution in [0.1, 0.15) is 0 Å². The van der Waals surface area contributed by atoms with Crippen LogP contribution in [0.4, 0.5) is 17.1 Å². The standard InChI is InChI=1S/C66H44N2O/c1-4-14-45(15-5-1)47-24-32-56(33-25-47)67(57-34-26-48(27-35-57)46-16-6-2-7-17-46)58-36-28-49(29-37-58)52-40-53(42-54(41-52)51-31-39-66-62(44-51)60-21-11-13-23-65(60)69-66)50-30-38-64-61(43-50)59-20-10-12-22-63(59)68(64)55-18-8-3-9-19-55/h1-44H. The number of nitrogens with zero attached hydrogens (tertiary/aromatic N) is 2. The number of hydrogen-bond acceptors (Lipinski definition) is 2. The van der Waals surface area contributed by atoms with E-state index < -0.39 is 0 Å². The Labute approximate surface area is 401 Å². The Kier molecular flexibility index (Phi) is 9.84. The van der Waals surface area contributed by atoms with Crippen molar-refractivity contribution in [2.45, 2.75) is 0 Å². The van der Waals surface area contributed by atoms with E-state index in [0.29, 0.717) is 0 Å². The van der Waals surface area contributed by atoms with Crippen molar-refractivity contribution in [1.29, 1.82) is 0 Å². The molecule has 0 bridgehead atoms. The lowest BCUT2D eigenvalue weighted by Gasteiger charge is -2.26. The maximum Gasteiger partial charge on any atom is 0.135 e. The fourth-order valence-corrected chi connectivity index (χ4v) is 10.2. The molecule has 0 saturated carbocycles. The summed E-state index contributed by atoms with van der Waals surface area (Å²) >= 11 is 0. The summed E-state index contributed by atoms with van der Waals surface area (Å²) in [4.78, 5) is 2.35. The summed E-state index contributed by atoms with van der Waals surface area (Å²) in [5.41, 5.74) is 20.2. The van der Waals surface area contributed by atoms with Gasteiger partial charge >= 0.3 is 0 Å². The van der Waals surface area contributed by atoms with Crippen LogP contribution in [0.5, 0.6) is 0 Å². The zero-order valence-electron chi connectivity index (χ0n) is 37.7. The Balaban J connectivity index is 0.938. The molecule has 0 aliphatic heterocycles. The summed E-state index contributed by atoms with van der Waals surface area (Å²) in [6.45, 7) is 0. The number of fused-ring (bicyclic) bond motifs is 6. The minimum atomic E-state index is 0.890. The molecular formula is C66H44N2O. The largest absolute Gasteiger partial charge is 0.456 e. The van der Waals surface area contributed by atoms with Gasteiger partial charge in [-0.2, -0.15) is 0 Å². The minimum absolute atomic E-state index is 0.890. The number of hydrogen-bond donors (Lipinski definition) is 0. The van der Waals surface area contributed by atoms with Crippen LogP contribution in [-0.2, 0) is 0 Å². The third kappa shape index (κ3) is 7.34. The fraction of sp³-hybridized carbons (Fsp3) is 0. The van der Waals surface area contributed by atoms with Gasteiger partial charge in [-0.05, 0) is 159 Å². The van der Waals surface area contributed by atoms with Crippen LogP contribution in [0.25, 0.3) is 105 Å². The summed E-state index contributed by atoms with van der Waals surface area (Å²) in [5.74, 6) is 0. The SMILES string of the molecule is c1ccc(-c2ccc(N(c3ccc(-c4ccccc4)cc3)c3ccc(-c4cc(-c5ccc6oc7ccccc7c6c5)cc(-c5ccc6c(c5)c5ccccc5n6-c5ccccc5)c4)cc3)cc2)cc1. The molecule has 2 heterocycles. The molecule has 0 N–H and O–H groups in total. The molecule has 0 radical (unpaired) electrons. The predicted molar refractivity (Wildman–Crippen MR) is 290 cm³/mol. The first kappa shape index (κ1) is 40.1. The molecule has 0 atom stereocenters. The molecule has 0 spiro atoms. The second-order valence-corrected chi connectivity index (χ2v) is 17.7. The molecule has 13 rings (SSSR count). The molecule has 13 aromatic rings. The Morgan fingerprint density at radius 2 is 0.638 bits per heavy atom. The minimum Gasteiger partial charge on any atom is -0.456 e. The van der Waals surface area contributed by atoms with Crippen molar-refractivity contribution in [2.24, 2.45) is 0 Å². The highest BCUT2D eigenvalue weighted by Crippen LogP contribution is 2.42. The number of aromatic nitrogens is 1. The molecule has 3 nitrogen and oxygen atoms in total. The fourth-order valence-electron chi connectivity index (χ4n) is 10.2. The van der Waals surface area contributed by atoms with Crippen LogP contribution >= 0.6 is 0 Å². The van der Waals surface area contributed by atoms with Gasteiger partial charge in [0.15, 0.2) is 0 Å². The molecule has 0 aliphatic rings. The van der Waals surface area contributed by atoms with E-state index in [1.54, 1.807) is 0 Å². The van der Waals surface area contributed by atoms with Crippen molar-refractivity contribution in [1.82, 2.24) is 4.57 Å². The Morgan fingerprint density at radius 3 is 1.22 bits per heavy atom. The average Bonchev–Trinajstić information content (AvgIpc) is 3.97. The van der Waals surface area contributed by atoms with E-state index in [1.165, 1.54) is 44.1 Å². The normalized spacial score (nSPS) is 11.5. The summed E-state index contributed by atoms with van der Waals surface area (Å²) in [5, 5.41) is 4.69. The first-order valence-electron chi connectivity index (χ1n) is 23.6. The molecule has 0 aliphatic carbocycles. The number of benzene rings is 11. The Morgan fingerprint density at radius 1 is 0.246 bits per heavy atom. The maximum absolute atomic E-state index is 6.28. The van der Waals surface area contributed by atoms with Crippen LogP contribution in [0.3, 0.4) is 0 Å². The maximum atomic E-state index is 6.28. The lowest BCUT2D eigenvalue weighted by Crippen LogP contribution is -2.09. The average molecular weight is 881 g/mol. The number of rotatable bonds is 9. The highest BCUT2D eigenvalue weighted by atomic mass is 16.3. The Bertz CT molecular complexity index is 3880. The van der Waals surface area contributed by atoms with Crippen molar-refractivity contribution in [2.75, 3.05) is 4.90 Å². The zero-order valence-corrected chi connectivity index (χ0v) is 37.7. The quantitative estimate of drug-likeness (QED) is 0.144. The van der Waals surface area contributed by atoms with Gasteiger partial charge in [-0.15, -0.1) is 0 Å². The van der Waals surface area contributed by atoms with E-state index in [1.807, 2.05) is 12.1 Å². The van der Waals surface area contributed by atoms with Gasteiger partial charge in [0.2, 0.25) is 0 Å². The van der Waals surface area contributed by atoms with Gasteiger partial charge in [0.05, 0.1) is 11.0 Å². The van der Waals surface area contributed by atoms with Crippen LogP contribution in [0, 0.1) is 0 Å². The predicted octanol–water partition coefficient (Wildman–Crippen LogP) is 18.5. The van der Waals surface area contributed by atoms with Crippen LogP contribution in [0.15, 0.2) is 271 Å². The second kappa shape index (κ2) is 16.9. The molecule has 3 heteroatoms. The van der Waals surface area contributed by atoms with E-state index in [4.69, 9.17) is 4.42 Å². The van der Waals surface area contributed by atoms with Gasteiger partial charge in [-0.1, -0.05) is 164 Å². The van der Waals surface area contributed by atoms with Gasteiger partial charge in [-0.25, -0.2) is 0 Å². The third-order valence-electron chi connectivity index (χ3n) is 13.6. The molecule has 0 saturated heterocycles. The van der Waals surface area contributed by atoms with E-state index in [0.717, 1.165) is 78.1 Å². The smallest absolute Gasteiger partial charge is 0.135 e. The number of anilines is 3. The van der Waals surface area contributed by atoms with Gasteiger partial charge in [0.1, 0.15) is 11.2 Å². The second-order valence-electron chi connectivity index (χ2n) is 17.7. The van der Waals surface area contributed by atoms with E-state index in [-0.39, 0.29) is 0 Å². The Hall–Kier alpha value is -9.18. The van der Waals surface area contributed by atoms with E-state index >= 15 is 0 Å². The molecule has 69 heavy (non-hydrogen) atoms. The van der Waals surface area contributed by atoms with Gasteiger partial charge in [-0.3, -0.25) is 0 Å². The molecule has 0 unspecified atom stereocenters. The molecular weight excluding hydrogens is 837 g/mol. The summed E-state index contributed by atoms with van der Waals surface area (Å²) in [6, 6.07) is 96.2. The molecule has 324 valence electrons. The topological polar surface area (TPSA) is 21.3 Å². The number of para-hydroxylation sites is 3. The van der Waals surface area contributed by atoms with Crippen molar-refractivity contribution in [3.63, 3.8) is 0 Å². The first-order valence-corrected chi connectivity index (χ1v) is 23.6. The zero-order chi connectivity index (χ0) is 45.7. The van der Waals surface area contributed by atoms with Crippen LogP contribution in [0.2, 0.25) is 0 Å². The molecule has 0 fully saturated rings. The monoisotopic (exact) mass is 880 g/mol. The lowest BCUT2D eigenvalue weighted by molar-refractivity contribution is 0.669.